The fraction of sp³-hybridized carbons (Fsp3) is 0.600. The maximum atomic E-state index is 12.8. The predicted octanol–water partition coefficient (Wildman–Crippen LogP) is 2.77. The average Bonchev–Trinajstić information content (AvgIpc) is 3.00. The zero-order chi connectivity index (χ0) is 14.2. The van der Waals surface area contributed by atoms with Crippen molar-refractivity contribution in [3.05, 3.63) is 23.5 Å². The first-order valence-electron chi connectivity index (χ1n) is 7.24. The molecule has 0 radical (unpaired) electrons. The van der Waals surface area contributed by atoms with E-state index in [9.17, 15) is 4.79 Å². The topological polar surface area (TPSA) is 37.6 Å². The van der Waals surface area contributed by atoms with Crippen LogP contribution in [0, 0.1) is 0 Å². The Morgan fingerprint density at radius 1 is 1.40 bits per heavy atom. The van der Waals surface area contributed by atoms with E-state index in [1.54, 1.807) is 11.3 Å². The van der Waals surface area contributed by atoms with Crippen LogP contribution in [-0.2, 0) is 11.2 Å². The number of rotatable bonds is 4. The van der Waals surface area contributed by atoms with Crippen molar-refractivity contribution in [3.8, 4) is 0 Å². The van der Waals surface area contributed by atoms with E-state index in [1.807, 2.05) is 36.3 Å². The van der Waals surface area contributed by atoms with Crippen molar-refractivity contribution in [2.45, 2.75) is 44.1 Å². The second kappa shape index (κ2) is 5.30. The standard InChI is InChI=1S/C15H21N3OS/c1-17(2)15(6-4-3-5-7-15)13(19)10-12-11-18-8-9-20-14(18)16-12/h8-9,11H,3-7,10H2,1-2H3. The lowest BCUT2D eigenvalue weighted by molar-refractivity contribution is -0.131. The first-order chi connectivity index (χ1) is 9.62. The van der Waals surface area contributed by atoms with Gasteiger partial charge in [-0.15, -0.1) is 11.3 Å². The third-order valence-corrected chi connectivity index (χ3v) is 5.31. The Hall–Kier alpha value is -1.20. The molecule has 0 atom stereocenters. The van der Waals surface area contributed by atoms with Crippen molar-refractivity contribution < 1.29 is 4.79 Å². The molecule has 5 heteroatoms. The van der Waals surface area contributed by atoms with E-state index in [1.165, 1.54) is 6.42 Å². The first-order valence-corrected chi connectivity index (χ1v) is 8.12. The van der Waals surface area contributed by atoms with Gasteiger partial charge in [0.05, 0.1) is 17.7 Å². The summed E-state index contributed by atoms with van der Waals surface area (Å²) in [5.74, 6) is 0.327. The zero-order valence-electron chi connectivity index (χ0n) is 12.1. The lowest BCUT2D eigenvalue weighted by Gasteiger charge is -2.41. The molecule has 1 aliphatic rings. The van der Waals surface area contributed by atoms with Gasteiger partial charge in [-0.25, -0.2) is 4.98 Å². The van der Waals surface area contributed by atoms with Crippen LogP contribution in [0.4, 0.5) is 0 Å². The number of fused-ring (bicyclic) bond motifs is 1. The molecule has 2 aromatic heterocycles. The molecular weight excluding hydrogens is 270 g/mol. The highest BCUT2D eigenvalue weighted by molar-refractivity contribution is 7.15. The third kappa shape index (κ3) is 2.29. The summed E-state index contributed by atoms with van der Waals surface area (Å²) in [6.07, 6.45) is 9.96. The molecule has 20 heavy (non-hydrogen) atoms. The maximum Gasteiger partial charge on any atom is 0.193 e. The number of carbonyl (C=O) groups is 1. The summed E-state index contributed by atoms with van der Waals surface area (Å²) >= 11 is 1.61. The van der Waals surface area contributed by atoms with Crippen LogP contribution in [0.3, 0.4) is 0 Å². The van der Waals surface area contributed by atoms with Crippen molar-refractivity contribution in [2.75, 3.05) is 14.1 Å². The number of carbonyl (C=O) groups excluding carboxylic acids is 1. The highest BCUT2D eigenvalue weighted by Crippen LogP contribution is 2.34. The molecule has 0 aromatic carbocycles. The summed E-state index contributed by atoms with van der Waals surface area (Å²) < 4.78 is 2.00. The van der Waals surface area contributed by atoms with Crippen molar-refractivity contribution in [2.24, 2.45) is 0 Å². The van der Waals surface area contributed by atoms with Gasteiger partial charge in [-0.05, 0) is 26.9 Å². The van der Waals surface area contributed by atoms with E-state index >= 15 is 0 Å². The fourth-order valence-electron chi connectivity index (χ4n) is 3.30. The number of hydrogen-bond donors (Lipinski definition) is 0. The lowest BCUT2D eigenvalue weighted by atomic mass is 9.76. The SMILES string of the molecule is CN(C)C1(C(=O)Cc2cn3ccsc3n2)CCCCC1. The molecular formula is C15H21N3OS. The Morgan fingerprint density at radius 3 is 2.80 bits per heavy atom. The van der Waals surface area contributed by atoms with Crippen molar-refractivity contribution >= 4 is 22.1 Å². The monoisotopic (exact) mass is 291 g/mol. The smallest absolute Gasteiger partial charge is 0.193 e. The van der Waals surface area contributed by atoms with Gasteiger partial charge >= 0.3 is 0 Å². The number of thiazole rings is 1. The van der Waals surface area contributed by atoms with E-state index in [0.29, 0.717) is 12.2 Å². The van der Waals surface area contributed by atoms with Crippen LogP contribution in [0.5, 0.6) is 0 Å². The van der Waals surface area contributed by atoms with Crippen LogP contribution in [0.2, 0.25) is 0 Å². The van der Waals surface area contributed by atoms with Gasteiger partial charge < -0.3 is 0 Å². The molecule has 0 bridgehead atoms. The van der Waals surface area contributed by atoms with Gasteiger partial charge in [0.1, 0.15) is 0 Å². The largest absolute Gasteiger partial charge is 0.297 e. The summed E-state index contributed by atoms with van der Waals surface area (Å²) in [4.78, 5) is 20.5. The summed E-state index contributed by atoms with van der Waals surface area (Å²) in [7, 11) is 4.07. The molecule has 1 saturated carbocycles. The normalized spacial score (nSPS) is 18.8. The number of Topliss-reactive ketones (excluding diaryl/α,β-unsaturated/α-hetero) is 1. The second-order valence-corrected chi connectivity index (χ2v) is 6.78. The van der Waals surface area contributed by atoms with Crippen LogP contribution in [0.1, 0.15) is 37.8 Å². The van der Waals surface area contributed by atoms with Crippen LogP contribution in [0.25, 0.3) is 4.96 Å². The third-order valence-electron chi connectivity index (χ3n) is 4.54. The molecule has 1 fully saturated rings. The van der Waals surface area contributed by atoms with Crippen LogP contribution in [-0.4, -0.2) is 39.7 Å². The summed E-state index contributed by atoms with van der Waals surface area (Å²) in [6.45, 7) is 0. The number of hydrogen-bond acceptors (Lipinski definition) is 4. The van der Waals surface area contributed by atoms with Crippen molar-refractivity contribution in [1.29, 1.82) is 0 Å². The molecule has 1 aliphatic carbocycles. The first kappa shape index (κ1) is 13.8. The molecule has 0 spiro atoms. The molecule has 0 amide bonds. The van der Waals surface area contributed by atoms with Gasteiger partial charge in [0.25, 0.3) is 0 Å². The van der Waals surface area contributed by atoms with Crippen molar-refractivity contribution in [3.63, 3.8) is 0 Å². The molecule has 2 heterocycles. The Morgan fingerprint density at radius 2 is 2.15 bits per heavy atom. The number of aromatic nitrogens is 2. The van der Waals surface area contributed by atoms with Gasteiger partial charge in [0.2, 0.25) is 0 Å². The molecule has 108 valence electrons. The van der Waals surface area contributed by atoms with Crippen LogP contribution in [0.15, 0.2) is 17.8 Å². The number of likely N-dealkylation sites (N-methyl/N-ethyl adjacent to an activating group) is 1. The molecule has 3 rings (SSSR count). The minimum Gasteiger partial charge on any atom is -0.297 e. The maximum absolute atomic E-state index is 12.8. The Labute approximate surface area is 123 Å². The second-order valence-electron chi connectivity index (χ2n) is 5.91. The number of nitrogens with zero attached hydrogens (tertiary/aromatic N) is 3. The van der Waals surface area contributed by atoms with E-state index < -0.39 is 0 Å². The van der Waals surface area contributed by atoms with E-state index in [-0.39, 0.29) is 5.54 Å². The van der Waals surface area contributed by atoms with Gasteiger partial charge in [0.15, 0.2) is 10.7 Å². The summed E-state index contributed by atoms with van der Waals surface area (Å²) in [5.41, 5.74) is 0.628. The molecule has 0 N–H and O–H groups in total. The number of imidazole rings is 1. The van der Waals surface area contributed by atoms with Crippen LogP contribution < -0.4 is 0 Å². The Kier molecular flexibility index (Phi) is 3.65. The quantitative estimate of drug-likeness (QED) is 0.869. The van der Waals surface area contributed by atoms with Gasteiger partial charge in [-0.1, -0.05) is 19.3 Å². The minimum absolute atomic E-state index is 0.269. The van der Waals surface area contributed by atoms with Gasteiger partial charge in [0, 0.05) is 17.8 Å². The summed E-state index contributed by atoms with van der Waals surface area (Å²) in [6, 6.07) is 0. The molecule has 0 aliphatic heterocycles. The highest BCUT2D eigenvalue weighted by Gasteiger charge is 2.41. The van der Waals surface area contributed by atoms with Crippen molar-refractivity contribution in [1.82, 2.24) is 14.3 Å². The fourth-order valence-corrected chi connectivity index (χ4v) is 4.02. The van der Waals surface area contributed by atoms with Crippen LogP contribution >= 0.6 is 11.3 Å². The highest BCUT2D eigenvalue weighted by atomic mass is 32.1. The van der Waals surface area contributed by atoms with Gasteiger partial charge in [-0.3, -0.25) is 14.1 Å². The molecule has 2 aromatic rings. The van der Waals surface area contributed by atoms with E-state index in [0.717, 1.165) is 36.3 Å². The lowest BCUT2D eigenvalue weighted by Crippen LogP contribution is -2.53. The Bertz CT molecular complexity index is 579. The molecule has 4 nitrogen and oxygen atoms in total. The summed E-state index contributed by atoms with van der Waals surface area (Å²) in [5, 5.41) is 2.01. The zero-order valence-corrected chi connectivity index (χ0v) is 12.9. The Balaban J connectivity index is 1.81. The number of ketones is 1. The minimum atomic E-state index is -0.269. The van der Waals surface area contributed by atoms with E-state index in [2.05, 4.69) is 9.88 Å². The average molecular weight is 291 g/mol. The molecule has 0 unspecified atom stereocenters. The molecule has 0 saturated heterocycles. The predicted molar refractivity (Wildman–Crippen MR) is 81.3 cm³/mol. The van der Waals surface area contributed by atoms with Gasteiger partial charge in [-0.2, -0.15) is 0 Å². The van der Waals surface area contributed by atoms with E-state index in [4.69, 9.17) is 0 Å².